The molecular weight excluding hydrogens is 626 g/mol. The number of carbonyl (C=O) groups excluding carboxylic acids is 3. The van der Waals surface area contributed by atoms with E-state index in [1.165, 1.54) is 34.5 Å². The van der Waals surface area contributed by atoms with Crippen molar-refractivity contribution >= 4 is 18.0 Å². The molecule has 0 unspecified atom stereocenters. The SMILES string of the molecule is COCOc1ccc(C(=O)N[C@@H]2CCC[C@H]2OCc2cc(OCOC)c(C(=O)c3c(C=O)cccc3OCOC)c(OCOC)c2)cc1. The van der Waals surface area contributed by atoms with Crippen LogP contribution in [-0.4, -0.2) is 85.7 Å². The minimum atomic E-state index is -0.578. The molecule has 1 saturated carbocycles. The van der Waals surface area contributed by atoms with Gasteiger partial charge in [-0.1, -0.05) is 12.1 Å². The molecule has 1 N–H and O–H groups in total. The normalized spacial score (nSPS) is 15.5. The molecule has 0 heterocycles. The second kappa shape index (κ2) is 18.7. The molecule has 1 amide bonds. The summed E-state index contributed by atoms with van der Waals surface area (Å²) in [4.78, 5) is 39.2. The molecule has 0 aliphatic heterocycles. The molecule has 13 heteroatoms. The van der Waals surface area contributed by atoms with Gasteiger partial charge in [0.1, 0.15) is 28.6 Å². The summed E-state index contributed by atoms with van der Waals surface area (Å²) in [6, 6.07) is 14.6. The maximum Gasteiger partial charge on any atom is 0.251 e. The number of hydrogen-bond donors (Lipinski definition) is 1. The number of methoxy groups -OCH3 is 4. The van der Waals surface area contributed by atoms with E-state index in [1.54, 1.807) is 48.5 Å². The van der Waals surface area contributed by atoms with E-state index in [0.717, 1.165) is 19.3 Å². The van der Waals surface area contributed by atoms with E-state index >= 15 is 0 Å². The lowest BCUT2D eigenvalue weighted by Gasteiger charge is -2.23. The van der Waals surface area contributed by atoms with Crippen molar-refractivity contribution in [2.75, 3.05) is 55.6 Å². The van der Waals surface area contributed by atoms with Crippen molar-refractivity contribution in [1.29, 1.82) is 0 Å². The van der Waals surface area contributed by atoms with Gasteiger partial charge in [0.25, 0.3) is 5.91 Å². The average Bonchev–Trinajstić information content (AvgIpc) is 3.56. The van der Waals surface area contributed by atoms with E-state index < -0.39 is 5.78 Å². The molecular formula is C35H41NO12. The van der Waals surface area contributed by atoms with Gasteiger partial charge in [-0.05, 0) is 67.3 Å². The van der Waals surface area contributed by atoms with E-state index in [1.807, 2.05) is 0 Å². The van der Waals surface area contributed by atoms with Gasteiger partial charge in [0.05, 0.1) is 24.3 Å². The summed E-state index contributed by atoms with van der Waals surface area (Å²) < 4.78 is 49.3. The molecule has 48 heavy (non-hydrogen) atoms. The molecule has 3 aromatic carbocycles. The van der Waals surface area contributed by atoms with E-state index in [0.29, 0.717) is 23.2 Å². The van der Waals surface area contributed by atoms with Crippen LogP contribution in [0, 0.1) is 0 Å². The Balaban J connectivity index is 1.57. The van der Waals surface area contributed by atoms with E-state index in [9.17, 15) is 14.4 Å². The van der Waals surface area contributed by atoms with Crippen LogP contribution in [0.15, 0.2) is 54.6 Å². The summed E-state index contributed by atoms with van der Waals surface area (Å²) in [5, 5.41) is 3.09. The molecule has 258 valence electrons. The molecule has 0 spiro atoms. The van der Waals surface area contributed by atoms with Crippen LogP contribution < -0.4 is 24.3 Å². The molecule has 0 bridgehead atoms. The average molecular weight is 668 g/mol. The molecule has 4 rings (SSSR count). The number of rotatable bonds is 20. The van der Waals surface area contributed by atoms with Crippen LogP contribution in [0.4, 0.5) is 0 Å². The fourth-order valence-electron chi connectivity index (χ4n) is 5.26. The summed E-state index contributed by atoms with van der Waals surface area (Å²) in [7, 11) is 5.88. The van der Waals surface area contributed by atoms with Gasteiger partial charge in [-0.25, -0.2) is 0 Å². The third kappa shape index (κ3) is 9.52. The van der Waals surface area contributed by atoms with Crippen LogP contribution in [-0.2, 0) is 30.3 Å². The summed E-state index contributed by atoms with van der Waals surface area (Å²) >= 11 is 0. The van der Waals surface area contributed by atoms with Gasteiger partial charge < -0.3 is 47.9 Å². The van der Waals surface area contributed by atoms with Gasteiger partial charge >= 0.3 is 0 Å². The lowest BCUT2D eigenvalue weighted by atomic mass is 9.95. The van der Waals surface area contributed by atoms with Crippen molar-refractivity contribution < 1.29 is 57.0 Å². The Morgan fingerprint density at radius 2 is 1.35 bits per heavy atom. The number of ether oxygens (including phenoxy) is 9. The lowest BCUT2D eigenvalue weighted by molar-refractivity contribution is 0.0257. The number of ketones is 1. The molecule has 2 atom stereocenters. The lowest BCUT2D eigenvalue weighted by Crippen LogP contribution is -2.41. The zero-order valence-corrected chi connectivity index (χ0v) is 27.5. The van der Waals surface area contributed by atoms with Gasteiger partial charge in [0, 0.05) is 39.6 Å². The predicted molar refractivity (Wildman–Crippen MR) is 172 cm³/mol. The second-order valence-electron chi connectivity index (χ2n) is 10.7. The van der Waals surface area contributed by atoms with Crippen molar-refractivity contribution in [2.45, 2.75) is 38.0 Å². The quantitative estimate of drug-likeness (QED) is 0.103. The maximum absolute atomic E-state index is 14.2. The van der Waals surface area contributed by atoms with Crippen molar-refractivity contribution in [2.24, 2.45) is 0 Å². The highest BCUT2D eigenvalue weighted by Crippen LogP contribution is 2.37. The molecule has 0 aromatic heterocycles. The number of aldehydes is 1. The highest BCUT2D eigenvalue weighted by molar-refractivity contribution is 6.17. The van der Waals surface area contributed by atoms with Crippen molar-refractivity contribution in [1.82, 2.24) is 5.32 Å². The van der Waals surface area contributed by atoms with Crippen molar-refractivity contribution in [3.8, 4) is 23.0 Å². The Kier molecular flexibility index (Phi) is 14.2. The molecule has 1 aliphatic carbocycles. The zero-order chi connectivity index (χ0) is 34.3. The highest BCUT2D eigenvalue weighted by Gasteiger charge is 2.31. The first kappa shape index (κ1) is 36.3. The Labute approximate surface area is 279 Å². The molecule has 1 fully saturated rings. The summed E-state index contributed by atoms with van der Waals surface area (Å²) in [6.45, 7) is -0.251. The van der Waals surface area contributed by atoms with Gasteiger partial charge in [-0.3, -0.25) is 14.4 Å². The monoisotopic (exact) mass is 667 g/mol. The minimum Gasteiger partial charge on any atom is -0.468 e. The smallest absolute Gasteiger partial charge is 0.251 e. The molecule has 1 aliphatic rings. The molecule has 0 saturated heterocycles. The first-order chi connectivity index (χ1) is 23.4. The van der Waals surface area contributed by atoms with Crippen LogP contribution in [0.3, 0.4) is 0 Å². The van der Waals surface area contributed by atoms with Gasteiger partial charge in [-0.15, -0.1) is 0 Å². The van der Waals surface area contributed by atoms with E-state index in [-0.39, 0.29) is 85.8 Å². The molecule has 13 nitrogen and oxygen atoms in total. The second-order valence-corrected chi connectivity index (χ2v) is 10.7. The Bertz CT molecular complexity index is 1480. The maximum atomic E-state index is 14.2. The van der Waals surface area contributed by atoms with Crippen molar-refractivity contribution in [3.63, 3.8) is 0 Å². The topological polar surface area (TPSA) is 146 Å². The third-order valence-electron chi connectivity index (χ3n) is 7.46. The fraction of sp³-hybridized carbons (Fsp3) is 0.400. The zero-order valence-electron chi connectivity index (χ0n) is 27.5. The largest absolute Gasteiger partial charge is 0.468 e. The van der Waals surface area contributed by atoms with Crippen LogP contribution in [0.25, 0.3) is 0 Å². The molecule has 0 radical (unpaired) electrons. The van der Waals surface area contributed by atoms with E-state index in [2.05, 4.69) is 5.32 Å². The fourth-order valence-corrected chi connectivity index (χ4v) is 5.26. The van der Waals surface area contributed by atoms with Crippen LogP contribution in [0.5, 0.6) is 23.0 Å². The minimum absolute atomic E-state index is 0.0137. The number of carbonyl (C=O) groups is 3. The first-order valence-corrected chi connectivity index (χ1v) is 15.2. The number of nitrogens with one attached hydrogen (secondary N) is 1. The van der Waals surface area contributed by atoms with E-state index in [4.69, 9.17) is 42.6 Å². The number of hydrogen-bond acceptors (Lipinski definition) is 12. The summed E-state index contributed by atoms with van der Waals surface area (Å²) in [5.74, 6) is 0.234. The first-order valence-electron chi connectivity index (χ1n) is 15.2. The Hall–Kier alpha value is -4.53. The Morgan fingerprint density at radius 1 is 0.750 bits per heavy atom. The number of benzene rings is 3. The van der Waals surface area contributed by atoms with Gasteiger partial charge in [0.2, 0.25) is 5.78 Å². The van der Waals surface area contributed by atoms with Gasteiger partial charge in [-0.2, -0.15) is 0 Å². The number of amides is 1. The van der Waals surface area contributed by atoms with Gasteiger partial charge in [0.15, 0.2) is 33.5 Å². The summed E-state index contributed by atoms with van der Waals surface area (Å²) in [6.07, 6.45) is 2.70. The third-order valence-corrected chi connectivity index (χ3v) is 7.46. The van der Waals surface area contributed by atoms with Crippen molar-refractivity contribution in [3.05, 3.63) is 82.4 Å². The van der Waals surface area contributed by atoms with Crippen LogP contribution in [0.1, 0.15) is 61.5 Å². The standard InChI is InChI=1S/C35H41NO12/c1-40-19-45-26-13-11-24(12-14-26)35(39)36-27-8-6-9-28(27)44-18-23-15-30(47-21-42-3)33(31(16-23)48-22-43-4)34(38)32-25(17-37)7-5-10-29(32)46-20-41-2/h5,7,10-17,27-28H,6,8-9,18-22H2,1-4H3,(H,36,39)/t27-,28-/m1/s1. The van der Waals surface area contributed by atoms with Crippen LogP contribution >= 0.6 is 0 Å². The predicted octanol–water partition coefficient (Wildman–Crippen LogP) is 4.53. The molecule has 3 aromatic rings. The highest BCUT2D eigenvalue weighted by atomic mass is 16.7. The Morgan fingerprint density at radius 3 is 1.96 bits per heavy atom. The summed E-state index contributed by atoms with van der Waals surface area (Å²) in [5.41, 5.74) is 1.29. The van der Waals surface area contributed by atoms with Crippen LogP contribution in [0.2, 0.25) is 0 Å².